The molecule has 1 aliphatic heterocycles. The van der Waals surface area contributed by atoms with Gasteiger partial charge in [-0.1, -0.05) is 0 Å². The number of nitriles is 1. The summed E-state index contributed by atoms with van der Waals surface area (Å²) in [6.07, 6.45) is 2.24. The molecule has 0 aliphatic carbocycles. The van der Waals surface area contributed by atoms with Gasteiger partial charge < -0.3 is 13.9 Å². The van der Waals surface area contributed by atoms with Gasteiger partial charge in [-0.2, -0.15) is 5.26 Å². The van der Waals surface area contributed by atoms with Crippen molar-refractivity contribution in [3.05, 3.63) is 46.2 Å². The SMILES string of the molecule is Cc1cc2nc(-c3ccc4c(c3)OCCO4)c(CC#N)n2cc1Br. The Morgan fingerprint density at radius 1 is 1.25 bits per heavy atom. The smallest absolute Gasteiger partial charge is 0.162 e. The number of nitrogens with zero attached hydrogens (tertiary/aromatic N) is 3. The maximum Gasteiger partial charge on any atom is 0.162 e. The van der Waals surface area contributed by atoms with Gasteiger partial charge >= 0.3 is 0 Å². The maximum atomic E-state index is 9.24. The van der Waals surface area contributed by atoms with Gasteiger partial charge in [-0.25, -0.2) is 4.98 Å². The monoisotopic (exact) mass is 383 g/mol. The Bertz CT molecular complexity index is 988. The van der Waals surface area contributed by atoms with Gasteiger partial charge in [0.25, 0.3) is 0 Å². The number of halogens is 1. The minimum absolute atomic E-state index is 0.278. The van der Waals surface area contributed by atoms with E-state index >= 15 is 0 Å². The van der Waals surface area contributed by atoms with E-state index in [1.54, 1.807) is 0 Å². The first-order chi connectivity index (χ1) is 11.7. The first kappa shape index (κ1) is 15.0. The Kier molecular flexibility index (Phi) is 3.66. The largest absolute Gasteiger partial charge is 0.486 e. The van der Waals surface area contributed by atoms with E-state index in [-0.39, 0.29) is 6.42 Å². The van der Waals surface area contributed by atoms with Gasteiger partial charge in [0.1, 0.15) is 18.9 Å². The first-order valence-electron chi connectivity index (χ1n) is 7.61. The maximum absolute atomic E-state index is 9.24. The normalized spacial score (nSPS) is 13.0. The summed E-state index contributed by atoms with van der Waals surface area (Å²) >= 11 is 3.55. The molecule has 120 valence electrons. The summed E-state index contributed by atoms with van der Waals surface area (Å²) in [6, 6.07) is 10.0. The van der Waals surface area contributed by atoms with Crippen LogP contribution in [0.25, 0.3) is 16.9 Å². The highest BCUT2D eigenvalue weighted by molar-refractivity contribution is 9.10. The minimum Gasteiger partial charge on any atom is -0.486 e. The Labute approximate surface area is 147 Å². The third-order valence-corrected chi connectivity index (χ3v) is 4.89. The Morgan fingerprint density at radius 3 is 2.83 bits per heavy atom. The van der Waals surface area contributed by atoms with Crippen molar-refractivity contribution in [2.24, 2.45) is 0 Å². The summed E-state index contributed by atoms with van der Waals surface area (Å²) in [7, 11) is 0. The number of benzene rings is 1. The van der Waals surface area contributed by atoms with Crippen LogP contribution in [0.15, 0.2) is 34.9 Å². The average molecular weight is 384 g/mol. The summed E-state index contributed by atoms with van der Waals surface area (Å²) in [5.74, 6) is 1.46. The van der Waals surface area contributed by atoms with Crippen molar-refractivity contribution in [2.75, 3.05) is 13.2 Å². The van der Waals surface area contributed by atoms with Crippen molar-refractivity contribution in [3.63, 3.8) is 0 Å². The second-order valence-corrected chi connectivity index (χ2v) is 6.49. The van der Waals surface area contributed by atoms with Crippen LogP contribution in [-0.2, 0) is 6.42 Å². The molecule has 1 aliphatic rings. The van der Waals surface area contributed by atoms with Crippen molar-refractivity contribution >= 4 is 21.6 Å². The number of ether oxygens (including phenoxy) is 2. The van der Waals surface area contributed by atoms with Gasteiger partial charge in [0.05, 0.1) is 23.9 Å². The van der Waals surface area contributed by atoms with Gasteiger partial charge in [-0.05, 0) is 52.7 Å². The predicted molar refractivity (Wildman–Crippen MR) is 93.4 cm³/mol. The van der Waals surface area contributed by atoms with E-state index in [2.05, 4.69) is 22.0 Å². The van der Waals surface area contributed by atoms with Crippen molar-refractivity contribution in [3.8, 4) is 28.8 Å². The van der Waals surface area contributed by atoms with Crippen LogP contribution in [-0.4, -0.2) is 22.6 Å². The minimum atomic E-state index is 0.278. The summed E-state index contributed by atoms with van der Waals surface area (Å²) in [6.45, 7) is 3.12. The zero-order chi connectivity index (χ0) is 16.7. The molecule has 24 heavy (non-hydrogen) atoms. The zero-order valence-electron chi connectivity index (χ0n) is 13.0. The van der Waals surface area contributed by atoms with Crippen molar-refractivity contribution in [2.45, 2.75) is 13.3 Å². The fourth-order valence-corrected chi connectivity index (χ4v) is 3.19. The van der Waals surface area contributed by atoms with Crippen LogP contribution >= 0.6 is 15.9 Å². The highest BCUT2D eigenvalue weighted by atomic mass is 79.9. The van der Waals surface area contributed by atoms with Crippen LogP contribution in [0.1, 0.15) is 11.3 Å². The first-order valence-corrected chi connectivity index (χ1v) is 8.40. The van der Waals surface area contributed by atoms with Crippen molar-refractivity contribution in [1.29, 1.82) is 5.26 Å². The van der Waals surface area contributed by atoms with E-state index in [0.717, 1.165) is 44.1 Å². The number of hydrogen-bond donors (Lipinski definition) is 0. The molecule has 0 radical (unpaired) electrons. The van der Waals surface area contributed by atoms with E-state index in [0.29, 0.717) is 13.2 Å². The van der Waals surface area contributed by atoms with Crippen LogP contribution in [0.5, 0.6) is 11.5 Å². The molecule has 2 aromatic heterocycles. The van der Waals surface area contributed by atoms with Crippen LogP contribution in [0.3, 0.4) is 0 Å². The van der Waals surface area contributed by atoms with Gasteiger partial charge in [-0.3, -0.25) is 0 Å². The lowest BCUT2D eigenvalue weighted by Gasteiger charge is -2.18. The number of aromatic nitrogens is 2. The molecule has 0 amide bonds. The summed E-state index contributed by atoms with van der Waals surface area (Å²) in [5.41, 5.74) is 4.51. The predicted octanol–water partition coefficient (Wildman–Crippen LogP) is 3.91. The Morgan fingerprint density at radius 2 is 2.04 bits per heavy atom. The quantitative estimate of drug-likeness (QED) is 0.672. The second-order valence-electron chi connectivity index (χ2n) is 5.63. The Hall–Kier alpha value is -2.52. The number of pyridine rings is 1. The molecular weight excluding hydrogens is 370 g/mol. The molecule has 0 bridgehead atoms. The van der Waals surface area contributed by atoms with E-state index in [9.17, 15) is 5.26 Å². The molecular formula is C18H14BrN3O2. The molecule has 0 N–H and O–H groups in total. The third kappa shape index (κ3) is 2.42. The average Bonchev–Trinajstić information content (AvgIpc) is 2.93. The molecule has 3 aromatic rings. The summed E-state index contributed by atoms with van der Waals surface area (Å²) in [4.78, 5) is 4.75. The van der Waals surface area contributed by atoms with E-state index < -0.39 is 0 Å². The molecule has 1 aromatic carbocycles. The number of imidazole rings is 1. The highest BCUT2D eigenvalue weighted by Crippen LogP contribution is 2.36. The molecule has 0 saturated carbocycles. The second kappa shape index (κ2) is 5.84. The van der Waals surface area contributed by atoms with Crippen LogP contribution < -0.4 is 9.47 Å². The lowest BCUT2D eigenvalue weighted by molar-refractivity contribution is 0.171. The van der Waals surface area contributed by atoms with Crippen LogP contribution in [0, 0.1) is 18.3 Å². The molecule has 0 atom stereocenters. The number of fused-ring (bicyclic) bond motifs is 2. The highest BCUT2D eigenvalue weighted by Gasteiger charge is 2.18. The lowest BCUT2D eigenvalue weighted by Crippen LogP contribution is -2.15. The molecule has 6 heteroatoms. The molecule has 3 heterocycles. The van der Waals surface area contributed by atoms with Gasteiger partial charge in [0.2, 0.25) is 0 Å². The fourth-order valence-electron chi connectivity index (χ4n) is 2.87. The van der Waals surface area contributed by atoms with E-state index in [4.69, 9.17) is 14.5 Å². The van der Waals surface area contributed by atoms with E-state index in [1.807, 2.05) is 41.8 Å². The van der Waals surface area contributed by atoms with Gasteiger partial charge in [0.15, 0.2) is 11.5 Å². The molecule has 5 nitrogen and oxygen atoms in total. The van der Waals surface area contributed by atoms with Crippen LogP contribution in [0.4, 0.5) is 0 Å². The molecule has 0 saturated heterocycles. The molecule has 0 fully saturated rings. The summed E-state index contributed by atoms with van der Waals surface area (Å²) < 4.78 is 14.2. The van der Waals surface area contributed by atoms with E-state index in [1.165, 1.54) is 0 Å². The van der Waals surface area contributed by atoms with Crippen LogP contribution in [0.2, 0.25) is 0 Å². The standard InChI is InChI=1S/C18H14BrN3O2/c1-11-8-17-21-18(14(4-5-20)22(17)10-13(11)19)12-2-3-15-16(9-12)24-7-6-23-15/h2-3,8-10H,4,6-7H2,1H3. The fraction of sp³-hybridized carbons (Fsp3) is 0.222. The van der Waals surface area contributed by atoms with Crippen molar-refractivity contribution in [1.82, 2.24) is 9.38 Å². The number of hydrogen-bond acceptors (Lipinski definition) is 4. The number of rotatable bonds is 2. The van der Waals surface area contributed by atoms with Gasteiger partial charge in [-0.15, -0.1) is 0 Å². The lowest BCUT2D eigenvalue weighted by atomic mass is 10.1. The Balaban J connectivity index is 1.92. The third-order valence-electron chi connectivity index (χ3n) is 4.06. The molecule has 0 spiro atoms. The molecule has 0 unspecified atom stereocenters. The topological polar surface area (TPSA) is 59.5 Å². The van der Waals surface area contributed by atoms with Crippen molar-refractivity contribution < 1.29 is 9.47 Å². The zero-order valence-corrected chi connectivity index (χ0v) is 14.6. The summed E-state index contributed by atoms with van der Waals surface area (Å²) in [5, 5.41) is 9.24. The number of aryl methyl sites for hydroxylation is 1. The molecule has 4 rings (SSSR count). The van der Waals surface area contributed by atoms with Gasteiger partial charge in [0, 0.05) is 16.2 Å².